The van der Waals surface area contributed by atoms with Gasteiger partial charge in [0.1, 0.15) is 0 Å². The highest BCUT2D eigenvalue weighted by atomic mass is 16.1. The minimum atomic E-state index is -0.118. The number of aliphatic imine (C=N–C) groups is 1. The zero-order valence-corrected chi connectivity index (χ0v) is 8.47. The van der Waals surface area contributed by atoms with E-state index < -0.39 is 0 Å². The fraction of sp³-hybridized carbons (Fsp3) is 0.154. The average molecular weight is 197 g/mol. The Labute approximate surface area is 88.3 Å². The van der Waals surface area contributed by atoms with Gasteiger partial charge in [-0.05, 0) is 29.3 Å². The van der Waals surface area contributed by atoms with Crippen LogP contribution in [0.5, 0.6) is 0 Å². The molecule has 0 bridgehead atoms. The SMILES string of the molecule is C[C@H](N=C=O)c1ccc2ccccc2c1. The zero-order valence-electron chi connectivity index (χ0n) is 8.47. The first-order valence-corrected chi connectivity index (χ1v) is 4.87. The molecule has 2 nitrogen and oxygen atoms in total. The lowest BCUT2D eigenvalue weighted by Crippen LogP contribution is -1.88. The Morgan fingerprint density at radius 2 is 1.87 bits per heavy atom. The summed E-state index contributed by atoms with van der Waals surface area (Å²) in [5, 5.41) is 2.37. The van der Waals surface area contributed by atoms with Gasteiger partial charge in [-0.15, -0.1) is 0 Å². The fourth-order valence-electron chi connectivity index (χ4n) is 1.62. The summed E-state index contributed by atoms with van der Waals surface area (Å²) >= 11 is 0. The standard InChI is InChI=1S/C13H11NO/c1-10(14-9-15)12-7-6-11-4-2-3-5-13(11)8-12/h2-8,10H,1H3/t10-/m0/s1. The Morgan fingerprint density at radius 3 is 2.60 bits per heavy atom. The first-order valence-electron chi connectivity index (χ1n) is 4.87. The lowest BCUT2D eigenvalue weighted by molar-refractivity contribution is 0.559. The summed E-state index contributed by atoms with van der Waals surface area (Å²) in [7, 11) is 0. The number of carbonyl (C=O) groups excluding carboxylic acids is 1. The summed E-state index contributed by atoms with van der Waals surface area (Å²) in [5.74, 6) is 0. The third kappa shape index (κ3) is 1.95. The second kappa shape index (κ2) is 4.07. The molecular formula is C13H11NO. The van der Waals surface area contributed by atoms with Crippen LogP contribution in [0.15, 0.2) is 47.5 Å². The predicted octanol–water partition coefficient (Wildman–Crippen LogP) is 3.24. The molecule has 0 N–H and O–H groups in total. The van der Waals surface area contributed by atoms with E-state index >= 15 is 0 Å². The molecule has 0 aliphatic heterocycles. The minimum Gasteiger partial charge on any atom is -0.211 e. The molecule has 0 radical (unpaired) electrons. The maximum atomic E-state index is 10.2. The van der Waals surface area contributed by atoms with Gasteiger partial charge in [-0.2, -0.15) is 4.99 Å². The molecule has 0 fully saturated rings. The summed E-state index contributed by atoms with van der Waals surface area (Å²) in [5.41, 5.74) is 1.04. The van der Waals surface area contributed by atoms with Crippen molar-refractivity contribution in [2.45, 2.75) is 13.0 Å². The second-order valence-corrected chi connectivity index (χ2v) is 3.50. The topological polar surface area (TPSA) is 29.4 Å². The highest BCUT2D eigenvalue weighted by Gasteiger charge is 2.03. The van der Waals surface area contributed by atoms with Gasteiger partial charge in [0.15, 0.2) is 0 Å². The van der Waals surface area contributed by atoms with Crippen LogP contribution in [0.25, 0.3) is 10.8 Å². The van der Waals surface area contributed by atoms with Crippen molar-refractivity contribution in [2.75, 3.05) is 0 Å². The van der Waals surface area contributed by atoms with Crippen molar-refractivity contribution in [3.8, 4) is 0 Å². The Balaban J connectivity index is 2.51. The largest absolute Gasteiger partial charge is 0.235 e. The van der Waals surface area contributed by atoms with Crippen LogP contribution in [0.1, 0.15) is 18.5 Å². The molecule has 0 heterocycles. The molecule has 2 rings (SSSR count). The van der Waals surface area contributed by atoms with E-state index in [0.29, 0.717) is 0 Å². The summed E-state index contributed by atoms with van der Waals surface area (Å²) in [6, 6.07) is 14.1. The molecule has 0 aliphatic rings. The lowest BCUT2D eigenvalue weighted by Gasteiger charge is -2.05. The van der Waals surface area contributed by atoms with Crippen molar-refractivity contribution in [1.82, 2.24) is 0 Å². The van der Waals surface area contributed by atoms with E-state index in [1.165, 1.54) is 10.8 Å². The summed E-state index contributed by atoms with van der Waals surface area (Å²) in [6.07, 6.45) is 1.59. The van der Waals surface area contributed by atoms with E-state index in [0.717, 1.165) is 5.56 Å². The smallest absolute Gasteiger partial charge is 0.211 e. The second-order valence-electron chi connectivity index (χ2n) is 3.50. The van der Waals surface area contributed by atoms with Crippen LogP contribution >= 0.6 is 0 Å². The van der Waals surface area contributed by atoms with E-state index in [2.05, 4.69) is 23.2 Å². The summed E-state index contributed by atoms with van der Waals surface area (Å²) < 4.78 is 0. The third-order valence-electron chi connectivity index (χ3n) is 2.50. The molecule has 0 saturated heterocycles. The molecule has 74 valence electrons. The van der Waals surface area contributed by atoms with Crippen molar-refractivity contribution < 1.29 is 4.79 Å². The first kappa shape index (κ1) is 9.63. The molecule has 0 unspecified atom stereocenters. The van der Waals surface area contributed by atoms with Gasteiger partial charge in [-0.25, -0.2) is 4.79 Å². The number of hydrogen-bond acceptors (Lipinski definition) is 2. The van der Waals surface area contributed by atoms with Crippen LogP contribution in [0, 0.1) is 0 Å². The van der Waals surface area contributed by atoms with E-state index in [1.54, 1.807) is 6.08 Å². The monoisotopic (exact) mass is 197 g/mol. The van der Waals surface area contributed by atoms with Gasteiger partial charge in [-0.3, -0.25) is 0 Å². The van der Waals surface area contributed by atoms with E-state index in [1.807, 2.05) is 31.2 Å². The van der Waals surface area contributed by atoms with Gasteiger partial charge in [-0.1, -0.05) is 36.4 Å². The van der Waals surface area contributed by atoms with Gasteiger partial charge in [0.05, 0.1) is 6.04 Å². The Hall–Kier alpha value is -1.92. The van der Waals surface area contributed by atoms with Crippen molar-refractivity contribution in [3.05, 3.63) is 48.0 Å². The number of hydrogen-bond donors (Lipinski definition) is 0. The zero-order chi connectivity index (χ0) is 10.7. The number of benzene rings is 2. The maximum absolute atomic E-state index is 10.2. The van der Waals surface area contributed by atoms with Gasteiger partial charge < -0.3 is 0 Å². The number of fused-ring (bicyclic) bond motifs is 1. The van der Waals surface area contributed by atoms with Crippen LogP contribution in [-0.2, 0) is 4.79 Å². The maximum Gasteiger partial charge on any atom is 0.235 e. The fourth-order valence-corrected chi connectivity index (χ4v) is 1.62. The van der Waals surface area contributed by atoms with Crippen molar-refractivity contribution in [3.63, 3.8) is 0 Å². The molecular weight excluding hydrogens is 186 g/mol. The quantitative estimate of drug-likeness (QED) is 0.536. The van der Waals surface area contributed by atoms with Crippen LogP contribution in [0.4, 0.5) is 0 Å². The van der Waals surface area contributed by atoms with Crippen LogP contribution < -0.4 is 0 Å². The lowest BCUT2D eigenvalue weighted by atomic mass is 10.0. The number of nitrogens with zero attached hydrogens (tertiary/aromatic N) is 1. The van der Waals surface area contributed by atoms with Crippen molar-refractivity contribution in [1.29, 1.82) is 0 Å². The van der Waals surface area contributed by atoms with Crippen molar-refractivity contribution in [2.24, 2.45) is 4.99 Å². The first-order chi connectivity index (χ1) is 7.31. The average Bonchev–Trinajstić information content (AvgIpc) is 2.29. The Bertz CT molecular complexity index is 527. The minimum absolute atomic E-state index is 0.118. The normalized spacial score (nSPS) is 12.1. The number of isocyanates is 1. The summed E-state index contributed by atoms with van der Waals surface area (Å²) in [6.45, 7) is 1.88. The molecule has 0 aliphatic carbocycles. The van der Waals surface area contributed by atoms with Gasteiger partial charge in [0.2, 0.25) is 6.08 Å². The third-order valence-corrected chi connectivity index (χ3v) is 2.50. The highest BCUT2D eigenvalue weighted by Crippen LogP contribution is 2.21. The van der Waals surface area contributed by atoms with E-state index in [-0.39, 0.29) is 6.04 Å². The molecule has 1 atom stereocenters. The Kier molecular flexibility index (Phi) is 2.61. The Morgan fingerprint density at radius 1 is 1.13 bits per heavy atom. The molecule has 0 spiro atoms. The predicted molar refractivity (Wildman–Crippen MR) is 60.5 cm³/mol. The molecule has 0 saturated carbocycles. The van der Waals surface area contributed by atoms with Gasteiger partial charge in [0.25, 0.3) is 0 Å². The molecule has 15 heavy (non-hydrogen) atoms. The molecule has 0 amide bonds. The summed E-state index contributed by atoms with van der Waals surface area (Å²) in [4.78, 5) is 13.9. The van der Waals surface area contributed by atoms with E-state index in [4.69, 9.17) is 0 Å². The van der Waals surface area contributed by atoms with Crippen LogP contribution in [0.2, 0.25) is 0 Å². The van der Waals surface area contributed by atoms with E-state index in [9.17, 15) is 4.79 Å². The van der Waals surface area contributed by atoms with Crippen LogP contribution in [0.3, 0.4) is 0 Å². The molecule has 2 heteroatoms. The number of rotatable bonds is 2. The molecule has 2 aromatic carbocycles. The van der Waals surface area contributed by atoms with Crippen molar-refractivity contribution >= 4 is 16.9 Å². The van der Waals surface area contributed by atoms with Gasteiger partial charge in [0, 0.05) is 0 Å². The molecule has 0 aromatic heterocycles. The molecule has 2 aromatic rings. The van der Waals surface area contributed by atoms with Crippen LogP contribution in [-0.4, -0.2) is 6.08 Å². The highest BCUT2D eigenvalue weighted by molar-refractivity contribution is 5.83. The van der Waals surface area contributed by atoms with Gasteiger partial charge >= 0.3 is 0 Å².